The molecule has 0 aliphatic carbocycles. The number of aliphatic hydroxyl groups is 1. The summed E-state index contributed by atoms with van der Waals surface area (Å²) in [6.45, 7) is 2.21. The van der Waals surface area contributed by atoms with Crippen molar-refractivity contribution < 1.29 is 14.6 Å². The van der Waals surface area contributed by atoms with E-state index in [2.05, 4.69) is 15.6 Å². The normalized spacial score (nSPS) is 10.6. The Morgan fingerprint density at radius 3 is 2.75 bits per heavy atom. The third-order valence-electron chi connectivity index (χ3n) is 4.02. The zero-order chi connectivity index (χ0) is 20.1. The van der Waals surface area contributed by atoms with Gasteiger partial charge in [-0.2, -0.15) is 0 Å². The van der Waals surface area contributed by atoms with Crippen LogP contribution in [0.4, 0.5) is 11.4 Å². The molecule has 0 atom stereocenters. The van der Waals surface area contributed by atoms with Gasteiger partial charge >= 0.3 is 0 Å². The molecule has 3 aromatic rings. The van der Waals surface area contributed by atoms with E-state index in [0.29, 0.717) is 34.3 Å². The highest BCUT2D eigenvalue weighted by Gasteiger charge is 2.14. The second-order valence-corrected chi connectivity index (χ2v) is 7.43. The number of nitrogens with one attached hydrogen (secondary N) is 2. The zero-order valence-electron chi connectivity index (χ0n) is 15.5. The van der Waals surface area contributed by atoms with Crippen molar-refractivity contribution >= 4 is 40.2 Å². The highest BCUT2D eigenvalue weighted by molar-refractivity contribution is 7.09. The summed E-state index contributed by atoms with van der Waals surface area (Å²) in [6, 6.07) is 10.4. The average molecular weight is 418 g/mol. The minimum absolute atomic E-state index is 0.0502. The molecule has 0 aliphatic heterocycles. The van der Waals surface area contributed by atoms with Crippen molar-refractivity contribution in [1.29, 1.82) is 0 Å². The lowest BCUT2D eigenvalue weighted by atomic mass is 10.1. The molecule has 0 aliphatic rings. The SMILES string of the molecule is COc1ccc(C(=O)Nc2ccc(-c3csc(C)n3)c(Cl)c2)c(NCCO)c1. The van der Waals surface area contributed by atoms with Gasteiger partial charge in [-0.25, -0.2) is 4.98 Å². The molecule has 2 aromatic carbocycles. The number of aliphatic hydroxyl groups excluding tert-OH is 1. The summed E-state index contributed by atoms with van der Waals surface area (Å²) in [4.78, 5) is 17.2. The molecule has 1 amide bonds. The first kappa shape index (κ1) is 20.1. The number of hydrogen-bond acceptors (Lipinski definition) is 6. The second-order valence-electron chi connectivity index (χ2n) is 5.96. The molecule has 0 bridgehead atoms. The Morgan fingerprint density at radius 2 is 2.11 bits per heavy atom. The minimum atomic E-state index is -0.295. The molecule has 0 spiro atoms. The van der Waals surface area contributed by atoms with Crippen LogP contribution in [0.2, 0.25) is 5.02 Å². The molecule has 0 fully saturated rings. The Balaban J connectivity index is 1.82. The van der Waals surface area contributed by atoms with Gasteiger partial charge in [0, 0.05) is 29.2 Å². The minimum Gasteiger partial charge on any atom is -0.497 e. The molecule has 28 heavy (non-hydrogen) atoms. The van der Waals surface area contributed by atoms with Crippen molar-refractivity contribution in [3.8, 4) is 17.0 Å². The number of benzene rings is 2. The highest BCUT2D eigenvalue weighted by atomic mass is 35.5. The van der Waals surface area contributed by atoms with Crippen LogP contribution in [0.1, 0.15) is 15.4 Å². The zero-order valence-corrected chi connectivity index (χ0v) is 17.0. The highest BCUT2D eigenvalue weighted by Crippen LogP contribution is 2.31. The summed E-state index contributed by atoms with van der Waals surface area (Å²) in [5, 5.41) is 18.4. The van der Waals surface area contributed by atoms with E-state index in [9.17, 15) is 4.79 Å². The molecule has 0 saturated heterocycles. The summed E-state index contributed by atoms with van der Waals surface area (Å²) in [5.41, 5.74) is 3.22. The number of thiazole rings is 1. The number of carbonyl (C=O) groups excluding carboxylic acids is 1. The smallest absolute Gasteiger partial charge is 0.257 e. The van der Waals surface area contributed by atoms with Gasteiger partial charge in [0.05, 0.1) is 40.7 Å². The third-order valence-corrected chi connectivity index (χ3v) is 5.11. The number of halogens is 1. The van der Waals surface area contributed by atoms with E-state index in [1.54, 1.807) is 48.8 Å². The van der Waals surface area contributed by atoms with Crippen molar-refractivity contribution in [3.63, 3.8) is 0 Å². The van der Waals surface area contributed by atoms with Crippen molar-refractivity contribution in [2.24, 2.45) is 0 Å². The van der Waals surface area contributed by atoms with Gasteiger partial charge < -0.3 is 20.5 Å². The van der Waals surface area contributed by atoms with Gasteiger partial charge in [0.25, 0.3) is 5.91 Å². The lowest BCUT2D eigenvalue weighted by Crippen LogP contribution is -2.16. The molecule has 8 heteroatoms. The van der Waals surface area contributed by atoms with Crippen LogP contribution < -0.4 is 15.4 Å². The second kappa shape index (κ2) is 9.05. The molecule has 0 radical (unpaired) electrons. The Bertz CT molecular complexity index is 991. The predicted octanol–water partition coefficient (Wildman–Crippen LogP) is 4.44. The number of ether oxygens (including phenoxy) is 1. The average Bonchev–Trinajstić information content (AvgIpc) is 3.12. The number of anilines is 2. The standard InChI is InChI=1S/C20H20ClN3O3S/c1-12-23-19(11-28-12)15-5-3-13(9-17(15)21)24-20(26)16-6-4-14(27-2)10-18(16)22-7-8-25/h3-6,9-11,22,25H,7-8H2,1-2H3,(H,24,26). The topological polar surface area (TPSA) is 83.5 Å². The summed E-state index contributed by atoms with van der Waals surface area (Å²) >= 11 is 7.96. The van der Waals surface area contributed by atoms with Crippen LogP contribution in [-0.2, 0) is 0 Å². The first-order valence-electron chi connectivity index (χ1n) is 8.58. The van der Waals surface area contributed by atoms with Crippen LogP contribution in [0.15, 0.2) is 41.8 Å². The lowest BCUT2D eigenvalue weighted by molar-refractivity contribution is 0.102. The van der Waals surface area contributed by atoms with Gasteiger partial charge in [0.2, 0.25) is 0 Å². The molecule has 0 unspecified atom stereocenters. The molecular formula is C20H20ClN3O3S. The fourth-order valence-corrected chi connectivity index (χ4v) is 3.56. The van der Waals surface area contributed by atoms with E-state index in [1.807, 2.05) is 18.4 Å². The van der Waals surface area contributed by atoms with E-state index in [1.165, 1.54) is 0 Å². The number of nitrogens with zero attached hydrogens (tertiary/aromatic N) is 1. The molecule has 3 rings (SSSR count). The van der Waals surface area contributed by atoms with Crippen LogP contribution in [-0.4, -0.2) is 36.3 Å². The molecule has 1 aromatic heterocycles. The molecular weight excluding hydrogens is 398 g/mol. The Kier molecular flexibility index (Phi) is 6.51. The van der Waals surface area contributed by atoms with E-state index < -0.39 is 0 Å². The Labute approximate surface area is 172 Å². The van der Waals surface area contributed by atoms with Gasteiger partial charge in [-0.3, -0.25) is 4.79 Å². The molecule has 1 heterocycles. The molecule has 3 N–H and O–H groups in total. The van der Waals surface area contributed by atoms with Crippen molar-refractivity contribution in [1.82, 2.24) is 4.98 Å². The summed E-state index contributed by atoms with van der Waals surface area (Å²) in [7, 11) is 1.55. The quantitative estimate of drug-likeness (QED) is 0.529. The van der Waals surface area contributed by atoms with Gasteiger partial charge in [0.1, 0.15) is 5.75 Å². The summed E-state index contributed by atoms with van der Waals surface area (Å²) < 4.78 is 5.20. The molecule has 146 valence electrons. The van der Waals surface area contributed by atoms with Gasteiger partial charge in [-0.05, 0) is 37.3 Å². The van der Waals surface area contributed by atoms with E-state index in [-0.39, 0.29) is 12.5 Å². The molecule has 0 saturated carbocycles. The van der Waals surface area contributed by atoms with Crippen LogP contribution in [0.5, 0.6) is 5.75 Å². The predicted molar refractivity (Wildman–Crippen MR) is 114 cm³/mol. The first-order valence-corrected chi connectivity index (χ1v) is 9.83. The Morgan fingerprint density at radius 1 is 1.29 bits per heavy atom. The van der Waals surface area contributed by atoms with Crippen molar-refractivity contribution in [2.75, 3.05) is 30.9 Å². The van der Waals surface area contributed by atoms with Gasteiger partial charge in [-0.1, -0.05) is 11.6 Å². The van der Waals surface area contributed by atoms with E-state index in [0.717, 1.165) is 16.3 Å². The number of aromatic nitrogens is 1. The monoisotopic (exact) mass is 417 g/mol. The van der Waals surface area contributed by atoms with Crippen LogP contribution >= 0.6 is 22.9 Å². The molecule has 6 nitrogen and oxygen atoms in total. The maximum Gasteiger partial charge on any atom is 0.257 e. The Hall–Kier alpha value is -2.61. The summed E-state index contributed by atoms with van der Waals surface area (Å²) in [6.07, 6.45) is 0. The number of rotatable bonds is 7. The number of methoxy groups -OCH3 is 1. The van der Waals surface area contributed by atoms with Crippen molar-refractivity contribution in [2.45, 2.75) is 6.92 Å². The largest absolute Gasteiger partial charge is 0.497 e. The van der Waals surface area contributed by atoms with Crippen molar-refractivity contribution in [3.05, 3.63) is 57.4 Å². The number of carbonyl (C=O) groups is 1. The number of aryl methyl sites for hydroxylation is 1. The lowest BCUT2D eigenvalue weighted by Gasteiger charge is -2.13. The summed E-state index contributed by atoms with van der Waals surface area (Å²) in [5.74, 6) is 0.319. The maximum atomic E-state index is 12.8. The fourth-order valence-electron chi connectivity index (χ4n) is 2.67. The number of hydrogen-bond donors (Lipinski definition) is 3. The third kappa shape index (κ3) is 4.62. The van der Waals surface area contributed by atoms with E-state index in [4.69, 9.17) is 21.4 Å². The van der Waals surface area contributed by atoms with Gasteiger partial charge in [-0.15, -0.1) is 11.3 Å². The van der Waals surface area contributed by atoms with Crippen LogP contribution in [0, 0.1) is 6.92 Å². The van der Waals surface area contributed by atoms with Crippen LogP contribution in [0.3, 0.4) is 0 Å². The van der Waals surface area contributed by atoms with Crippen LogP contribution in [0.25, 0.3) is 11.3 Å². The van der Waals surface area contributed by atoms with E-state index >= 15 is 0 Å². The van der Waals surface area contributed by atoms with Gasteiger partial charge in [0.15, 0.2) is 0 Å². The first-order chi connectivity index (χ1) is 13.5. The maximum absolute atomic E-state index is 12.8. The fraction of sp³-hybridized carbons (Fsp3) is 0.200. The number of amides is 1.